The number of methoxy groups -OCH3 is 1. The molecule has 0 saturated carbocycles. The molecule has 0 fully saturated rings. The molecule has 0 atom stereocenters. The molecule has 92 valence electrons. The van der Waals surface area contributed by atoms with Gasteiger partial charge >= 0.3 is 5.97 Å². The van der Waals surface area contributed by atoms with E-state index in [2.05, 4.69) is 4.98 Å². The van der Waals surface area contributed by atoms with Crippen molar-refractivity contribution in [2.75, 3.05) is 7.11 Å². The third-order valence-corrected chi connectivity index (χ3v) is 2.23. The Balaban J connectivity index is 2.22. The molecule has 0 saturated heterocycles. The van der Waals surface area contributed by atoms with Crippen molar-refractivity contribution in [3.05, 3.63) is 48.2 Å². The third kappa shape index (κ3) is 2.76. The lowest BCUT2D eigenvalue weighted by Crippen LogP contribution is -1.96. The number of rotatable bonds is 4. The number of benzene rings is 1. The number of carbonyl (C=O) groups is 1. The molecule has 0 aliphatic heterocycles. The van der Waals surface area contributed by atoms with E-state index in [1.165, 1.54) is 19.2 Å². The summed E-state index contributed by atoms with van der Waals surface area (Å²) < 4.78 is 10.5. The van der Waals surface area contributed by atoms with Crippen molar-refractivity contribution in [3.8, 4) is 17.4 Å². The quantitative estimate of drug-likeness (QED) is 0.896. The van der Waals surface area contributed by atoms with Crippen LogP contribution < -0.4 is 9.47 Å². The van der Waals surface area contributed by atoms with E-state index in [4.69, 9.17) is 14.6 Å². The van der Waals surface area contributed by atoms with Crippen molar-refractivity contribution in [2.24, 2.45) is 0 Å². The smallest absolute Gasteiger partial charge is 0.335 e. The van der Waals surface area contributed by atoms with E-state index in [-0.39, 0.29) is 5.56 Å². The van der Waals surface area contributed by atoms with Crippen LogP contribution in [0.4, 0.5) is 0 Å². The number of nitrogens with zero attached hydrogens (tertiary/aromatic N) is 1. The lowest BCUT2D eigenvalue weighted by molar-refractivity contribution is 0.0696. The van der Waals surface area contributed by atoms with Crippen molar-refractivity contribution in [3.63, 3.8) is 0 Å². The highest BCUT2D eigenvalue weighted by Gasteiger charge is 2.05. The lowest BCUT2D eigenvalue weighted by Gasteiger charge is -2.07. The topological polar surface area (TPSA) is 68.7 Å². The highest BCUT2D eigenvalue weighted by molar-refractivity contribution is 5.88. The Bertz CT molecular complexity index is 568. The van der Waals surface area contributed by atoms with Crippen LogP contribution in [0.25, 0.3) is 0 Å². The van der Waals surface area contributed by atoms with Crippen molar-refractivity contribution in [1.82, 2.24) is 4.98 Å². The Morgan fingerprint density at radius 3 is 2.72 bits per heavy atom. The minimum absolute atomic E-state index is 0.175. The molecule has 0 aliphatic carbocycles. The zero-order valence-electron chi connectivity index (χ0n) is 9.66. The van der Waals surface area contributed by atoms with Crippen molar-refractivity contribution in [1.29, 1.82) is 0 Å². The van der Waals surface area contributed by atoms with Gasteiger partial charge in [-0.25, -0.2) is 9.78 Å². The molecule has 0 aliphatic rings. The van der Waals surface area contributed by atoms with E-state index in [1.807, 2.05) is 0 Å². The number of hydrogen-bond donors (Lipinski definition) is 1. The first-order valence-electron chi connectivity index (χ1n) is 5.20. The molecule has 0 unspecified atom stereocenters. The predicted molar refractivity (Wildman–Crippen MR) is 64.3 cm³/mol. The second-order valence-corrected chi connectivity index (χ2v) is 3.47. The Labute approximate surface area is 104 Å². The normalized spacial score (nSPS) is 9.83. The van der Waals surface area contributed by atoms with Gasteiger partial charge in [0, 0.05) is 12.3 Å². The number of aromatic carboxylic acids is 1. The number of aromatic nitrogens is 1. The van der Waals surface area contributed by atoms with E-state index in [9.17, 15) is 4.79 Å². The maximum absolute atomic E-state index is 10.8. The average Bonchev–Trinajstić information content (AvgIpc) is 2.39. The molecule has 1 aromatic heterocycles. The van der Waals surface area contributed by atoms with Gasteiger partial charge in [0.15, 0.2) is 0 Å². The Kier molecular flexibility index (Phi) is 3.43. The minimum Gasteiger partial charge on any atom is -0.481 e. The predicted octanol–water partition coefficient (Wildman–Crippen LogP) is 2.58. The van der Waals surface area contributed by atoms with Gasteiger partial charge in [-0.3, -0.25) is 0 Å². The molecule has 5 nitrogen and oxygen atoms in total. The summed E-state index contributed by atoms with van der Waals surface area (Å²) in [7, 11) is 1.51. The van der Waals surface area contributed by atoms with Gasteiger partial charge in [0.1, 0.15) is 11.5 Å². The van der Waals surface area contributed by atoms with Gasteiger partial charge in [-0.15, -0.1) is 0 Å². The molecule has 0 radical (unpaired) electrons. The summed E-state index contributed by atoms with van der Waals surface area (Å²) in [5.41, 5.74) is 0.175. The monoisotopic (exact) mass is 245 g/mol. The first-order chi connectivity index (χ1) is 8.69. The Morgan fingerprint density at radius 2 is 2.00 bits per heavy atom. The minimum atomic E-state index is -0.993. The molecule has 2 aromatic rings. The molecular weight excluding hydrogens is 234 g/mol. The molecule has 5 heteroatoms. The van der Waals surface area contributed by atoms with Crippen LogP contribution in [0, 0.1) is 0 Å². The molecule has 2 rings (SSSR count). The van der Waals surface area contributed by atoms with Crippen molar-refractivity contribution in [2.45, 2.75) is 0 Å². The van der Waals surface area contributed by atoms with E-state index in [1.54, 1.807) is 30.5 Å². The van der Waals surface area contributed by atoms with Gasteiger partial charge in [0.2, 0.25) is 5.88 Å². The summed E-state index contributed by atoms with van der Waals surface area (Å²) >= 11 is 0. The van der Waals surface area contributed by atoms with Crippen molar-refractivity contribution < 1.29 is 19.4 Å². The van der Waals surface area contributed by atoms with E-state index in [0.717, 1.165) is 0 Å². The number of ether oxygens (including phenoxy) is 2. The van der Waals surface area contributed by atoms with Crippen LogP contribution in [0.2, 0.25) is 0 Å². The standard InChI is InChI=1S/C13H11NO4/c1-17-12-8-11(5-6-14-12)18-10-4-2-3-9(7-10)13(15)16/h2-8H,1H3,(H,15,16). The van der Waals surface area contributed by atoms with E-state index >= 15 is 0 Å². The summed E-state index contributed by atoms with van der Waals surface area (Å²) in [6.45, 7) is 0. The van der Waals surface area contributed by atoms with Crippen LogP contribution in [0.15, 0.2) is 42.6 Å². The highest BCUT2D eigenvalue weighted by atomic mass is 16.5. The second kappa shape index (κ2) is 5.18. The zero-order valence-corrected chi connectivity index (χ0v) is 9.66. The maximum atomic E-state index is 10.8. The first-order valence-corrected chi connectivity index (χ1v) is 5.20. The summed E-state index contributed by atoms with van der Waals surface area (Å²) in [6, 6.07) is 9.54. The van der Waals surface area contributed by atoms with Crippen LogP contribution in [0.3, 0.4) is 0 Å². The maximum Gasteiger partial charge on any atom is 0.335 e. The number of hydrogen-bond acceptors (Lipinski definition) is 4. The molecule has 0 amide bonds. The average molecular weight is 245 g/mol. The SMILES string of the molecule is COc1cc(Oc2cccc(C(=O)O)c2)ccn1. The van der Waals surface area contributed by atoms with Crippen LogP contribution >= 0.6 is 0 Å². The van der Waals surface area contributed by atoms with Gasteiger partial charge in [0.05, 0.1) is 12.7 Å². The fourth-order valence-electron chi connectivity index (χ4n) is 1.40. The van der Waals surface area contributed by atoms with E-state index < -0.39 is 5.97 Å². The Morgan fingerprint density at radius 1 is 1.22 bits per heavy atom. The van der Waals surface area contributed by atoms with E-state index in [0.29, 0.717) is 17.4 Å². The molecule has 0 bridgehead atoms. The van der Waals surface area contributed by atoms with Gasteiger partial charge in [-0.1, -0.05) is 6.07 Å². The fourth-order valence-corrected chi connectivity index (χ4v) is 1.40. The van der Waals surface area contributed by atoms with Gasteiger partial charge in [0.25, 0.3) is 0 Å². The molecular formula is C13H11NO4. The third-order valence-electron chi connectivity index (χ3n) is 2.23. The summed E-state index contributed by atoms with van der Waals surface area (Å²) in [5.74, 6) is 0.419. The van der Waals surface area contributed by atoms with Crippen LogP contribution in [0.5, 0.6) is 17.4 Å². The van der Waals surface area contributed by atoms with Crippen LogP contribution in [0.1, 0.15) is 10.4 Å². The molecule has 1 aromatic carbocycles. The highest BCUT2D eigenvalue weighted by Crippen LogP contribution is 2.24. The summed E-state index contributed by atoms with van der Waals surface area (Å²) in [5, 5.41) is 8.87. The first kappa shape index (κ1) is 11.9. The molecule has 1 N–H and O–H groups in total. The van der Waals surface area contributed by atoms with Gasteiger partial charge < -0.3 is 14.6 Å². The van der Waals surface area contributed by atoms with Crippen LogP contribution in [-0.4, -0.2) is 23.2 Å². The van der Waals surface area contributed by atoms with Gasteiger partial charge in [-0.05, 0) is 24.3 Å². The Hall–Kier alpha value is -2.56. The van der Waals surface area contributed by atoms with Crippen LogP contribution in [-0.2, 0) is 0 Å². The molecule has 1 heterocycles. The number of carboxylic acids is 1. The molecule has 18 heavy (non-hydrogen) atoms. The number of carboxylic acid groups (broad SMARTS) is 1. The second-order valence-electron chi connectivity index (χ2n) is 3.47. The summed E-state index contributed by atoms with van der Waals surface area (Å²) in [4.78, 5) is 14.8. The fraction of sp³-hybridized carbons (Fsp3) is 0.0769. The summed E-state index contributed by atoms with van der Waals surface area (Å²) in [6.07, 6.45) is 1.55. The lowest BCUT2D eigenvalue weighted by atomic mass is 10.2. The van der Waals surface area contributed by atoms with Gasteiger partial charge in [-0.2, -0.15) is 0 Å². The van der Waals surface area contributed by atoms with Crippen molar-refractivity contribution >= 4 is 5.97 Å². The zero-order chi connectivity index (χ0) is 13.0. The number of pyridine rings is 1. The largest absolute Gasteiger partial charge is 0.481 e. The molecule has 0 spiro atoms.